The molecule has 0 radical (unpaired) electrons. The van der Waals surface area contributed by atoms with E-state index < -0.39 is 16.7 Å². The van der Waals surface area contributed by atoms with Crippen LogP contribution in [0.3, 0.4) is 0 Å². The molecular weight excluding hydrogens is 438 g/mol. The van der Waals surface area contributed by atoms with Gasteiger partial charge in [-0.2, -0.15) is 0 Å². The number of hydrogen-bond acceptors (Lipinski definition) is 5. The first-order valence-electron chi connectivity index (χ1n) is 9.05. The minimum atomic E-state index is -0.712. The van der Waals surface area contributed by atoms with Crippen LogP contribution in [0.4, 0.5) is 10.1 Å². The number of hydrogen-bond donors (Lipinski definition) is 1. The molecule has 1 aliphatic carbocycles. The smallest absolute Gasteiger partial charge is 0.400 e. The zero-order chi connectivity index (χ0) is 19.5. The Hall–Kier alpha value is -1.44. The summed E-state index contributed by atoms with van der Waals surface area (Å²) in [5.74, 6) is -1.08. The van der Waals surface area contributed by atoms with Crippen molar-refractivity contribution in [1.29, 1.82) is 0 Å². The third kappa shape index (κ3) is 3.38. The van der Waals surface area contributed by atoms with E-state index in [2.05, 4.69) is 6.07 Å². The van der Waals surface area contributed by atoms with E-state index in [4.69, 9.17) is 5.73 Å². The number of pyridine rings is 1. The van der Waals surface area contributed by atoms with Crippen LogP contribution >= 0.6 is 0 Å². The Kier molecular flexibility index (Phi) is 5.65. The van der Waals surface area contributed by atoms with Crippen LogP contribution < -0.4 is 16.1 Å². The Bertz CT molecular complexity index is 1050. The quantitative estimate of drug-likeness (QED) is 0.557. The molecule has 6 nitrogen and oxygen atoms in total. The van der Waals surface area contributed by atoms with E-state index >= 15 is 0 Å². The normalized spacial score (nSPS) is 21.9. The molecule has 28 heavy (non-hydrogen) atoms. The van der Waals surface area contributed by atoms with Crippen LogP contribution in [0.2, 0.25) is 0 Å². The number of nitrogens with zero attached hydrogens (tertiary/aromatic N) is 2. The first-order valence-corrected chi connectivity index (χ1v) is 9.05. The Morgan fingerprint density at radius 3 is 2.61 bits per heavy atom. The zero-order valence-corrected chi connectivity index (χ0v) is 18.8. The fourth-order valence-electron chi connectivity index (χ4n) is 3.70. The molecule has 8 heteroatoms. The molecule has 2 aliphatic rings. The van der Waals surface area contributed by atoms with Crippen LogP contribution in [0.5, 0.6) is 0 Å². The molecule has 1 aromatic heterocycles. The van der Waals surface area contributed by atoms with Gasteiger partial charge in [-0.05, 0) is 37.9 Å². The Balaban J connectivity index is 0.00000225. The molecular formula is C20H21FN3O3Y+2. The zero-order valence-electron chi connectivity index (χ0n) is 15.9. The van der Waals surface area contributed by atoms with Gasteiger partial charge in [0.25, 0.3) is 0 Å². The van der Waals surface area contributed by atoms with Crippen molar-refractivity contribution in [2.75, 3.05) is 24.5 Å². The summed E-state index contributed by atoms with van der Waals surface area (Å²) < 4.78 is 16.7. The fourth-order valence-corrected chi connectivity index (χ4v) is 3.70. The van der Waals surface area contributed by atoms with Gasteiger partial charge in [-0.25, -0.2) is 4.39 Å². The van der Waals surface area contributed by atoms with Crippen LogP contribution in [0.1, 0.15) is 43.1 Å². The molecule has 0 spiro atoms. The maximum Gasteiger partial charge on any atom is 3.00 e. The summed E-state index contributed by atoms with van der Waals surface area (Å²) in [7, 11) is 0. The summed E-state index contributed by atoms with van der Waals surface area (Å²) in [5.41, 5.74) is 5.33. The number of carbonyl (C=O) groups is 2. The van der Waals surface area contributed by atoms with Crippen LogP contribution in [-0.2, 0) is 37.5 Å². The molecule has 2 fully saturated rings. The van der Waals surface area contributed by atoms with Crippen molar-refractivity contribution in [2.45, 2.75) is 32.7 Å². The van der Waals surface area contributed by atoms with E-state index in [1.807, 2.05) is 4.57 Å². The number of fused-ring (bicyclic) bond motifs is 1. The SMILES string of the molecule is CC(=O)c1cn(C2CC2)c2cc(N3CC(=O)C(C)(CN)C3)c(F)[c-]c2c1=O.[Y+3]. The predicted molar refractivity (Wildman–Crippen MR) is 99.7 cm³/mol. The third-order valence-electron chi connectivity index (χ3n) is 5.67. The van der Waals surface area contributed by atoms with Crippen molar-refractivity contribution < 1.29 is 46.7 Å². The van der Waals surface area contributed by atoms with Gasteiger partial charge in [0, 0.05) is 30.9 Å². The summed E-state index contributed by atoms with van der Waals surface area (Å²) in [5, 5.41) is 0.0722. The second-order valence-corrected chi connectivity index (χ2v) is 7.84. The molecule has 1 aromatic carbocycles. The van der Waals surface area contributed by atoms with Crippen molar-refractivity contribution >= 4 is 28.2 Å². The fraction of sp³-hybridized carbons (Fsp3) is 0.450. The molecule has 1 saturated carbocycles. The van der Waals surface area contributed by atoms with Crippen molar-refractivity contribution in [3.63, 3.8) is 0 Å². The molecule has 2 N–H and O–H groups in total. The molecule has 142 valence electrons. The number of benzene rings is 1. The molecule has 1 saturated heterocycles. The summed E-state index contributed by atoms with van der Waals surface area (Å²) in [6.45, 7) is 3.68. The molecule has 0 amide bonds. The van der Waals surface area contributed by atoms with E-state index in [1.165, 1.54) is 6.92 Å². The minimum Gasteiger partial charge on any atom is -0.400 e. The number of carbonyl (C=O) groups excluding carboxylic acids is 2. The van der Waals surface area contributed by atoms with Crippen molar-refractivity contribution in [3.05, 3.63) is 39.9 Å². The van der Waals surface area contributed by atoms with Crippen molar-refractivity contribution in [1.82, 2.24) is 4.57 Å². The van der Waals surface area contributed by atoms with Gasteiger partial charge in [-0.3, -0.25) is 9.59 Å². The van der Waals surface area contributed by atoms with E-state index in [0.717, 1.165) is 12.8 Å². The molecule has 1 aliphatic heterocycles. The van der Waals surface area contributed by atoms with Crippen LogP contribution in [-0.4, -0.2) is 35.8 Å². The number of anilines is 1. The van der Waals surface area contributed by atoms with Gasteiger partial charge in [0.2, 0.25) is 0 Å². The van der Waals surface area contributed by atoms with Gasteiger partial charge >= 0.3 is 32.7 Å². The van der Waals surface area contributed by atoms with E-state index in [1.54, 1.807) is 24.1 Å². The van der Waals surface area contributed by atoms with Crippen LogP contribution in [0, 0.1) is 17.3 Å². The largest absolute Gasteiger partial charge is 3.00 e. The number of Topliss-reactive ketones (excluding diaryl/α,β-unsaturated/α-hetero) is 2. The monoisotopic (exact) mass is 459 g/mol. The van der Waals surface area contributed by atoms with Gasteiger partial charge in [0.05, 0.1) is 17.8 Å². The van der Waals surface area contributed by atoms with Gasteiger partial charge < -0.3 is 20.0 Å². The molecule has 0 bridgehead atoms. The number of ketones is 2. The van der Waals surface area contributed by atoms with Gasteiger partial charge in [0.15, 0.2) is 11.6 Å². The number of rotatable bonds is 4. The summed E-state index contributed by atoms with van der Waals surface area (Å²) in [6, 6.07) is 4.33. The standard InChI is InChI=1S/C20H21FN3O3.Y/c1-11(25)14-7-24(12-3-4-12)16-6-17(15(21)5-13(16)19(14)27)23-8-18(26)20(2,9-22)10-23;/h6-7,12H,3-4,8-10,22H2,1-2H3;/q-1;+3. The minimum absolute atomic E-state index is 0. The first kappa shape index (κ1) is 21.3. The second kappa shape index (κ2) is 7.43. The number of aromatic nitrogens is 1. The summed E-state index contributed by atoms with van der Waals surface area (Å²) in [6.07, 6.45) is 3.45. The van der Waals surface area contributed by atoms with Gasteiger partial charge in [0.1, 0.15) is 5.43 Å². The predicted octanol–water partition coefficient (Wildman–Crippen LogP) is 1.83. The Morgan fingerprint density at radius 2 is 2.07 bits per heavy atom. The van der Waals surface area contributed by atoms with Crippen molar-refractivity contribution in [3.8, 4) is 0 Å². The number of halogens is 1. The van der Waals surface area contributed by atoms with Crippen LogP contribution in [0.15, 0.2) is 17.1 Å². The molecule has 2 aromatic rings. The van der Waals surface area contributed by atoms with Crippen LogP contribution in [0.25, 0.3) is 10.9 Å². The van der Waals surface area contributed by atoms with Gasteiger partial charge in [-0.15, -0.1) is 0 Å². The average Bonchev–Trinajstić information content (AvgIpc) is 3.41. The maximum atomic E-state index is 14.8. The maximum absolute atomic E-state index is 14.8. The molecule has 1 atom stereocenters. The van der Waals surface area contributed by atoms with E-state index in [-0.39, 0.29) is 80.0 Å². The average molecular weight is 459 g/mol. The molecule has 4 rings (SSSR count). The first-order chi connectivity index (χ1) is 12.7. The third-order valence-corrected chi connectivity index (χ3v) is 5.67. The molecule has 1 unspecified atom stereocenters. The second-order valence-electron chi connectivity index (χ2n) is 7.84. The summed E-state index contributed by atoms with van der Waals surface area (Å²) in [4.78, 5) is 38.4. The summed E-state index contributed by atoms with van der Waals surface area (Å²) >= 11 is 0. The van der Waals surface area contributed by atoms with Gasteiger partial charge in [-0.1, -0.05) is 17.5 Å². The van der Waals surface area contributed by atoms with Crippen molar-refractivity contribution in [2.24, 2.45) is 11.1 Å². The Labute approximate surface area is 187 Å². The molecule has 2 heterocycles. The van der Waals surface area contributed by atoms with E-state index in [0.29, 0.717) is 12.1 Å². The number of nitrogens with two attached hydrogens (primary N) is 1. The van der Waals surface area contributed by atoms with E-state index in [9.17, 15) is 18.8 Å². The topological polar surface area (TPSA) is 85.4 Å². The Morgan fingerprint density at radius 1 is 1.39 bits per heavy atom.